The molecule has 3 aliphatic heterocycles. The summed E-state index contributed by atoms with van der Waals surface area (Å²) in [5, 5.41) is 44.1. The lowest BCUT2D eigenvalue weighted by Crippen LogP contribution is -2.68. The molecule has 66 heavy (non-hydrogen) atoms. The van der Waals surface area contributed by atoms with E-state index in [0.29, 0.717) is 22.9 Å². The first-order valence-electron chi connectivity index (χ1n) is 22.5. The van der Waals surface area contributed by atoms with Crippen LogP contribution in [0.25, 0.3) is 28.1 Å². The second-order valence-electron chi connectivity index (χ2n) is 18.0. The number of nitrogens with one attached hydrogen (secondary N) is 3. The molecule has 3 heterocycles. The molecule has 0 aromatic heterocycles. The summed E-state index contributed by atoms with van der Waals surface area (Å²) in [6.07, 6.45) is -4.22. The largest absolute Gasteiger partial charge is 0.388 e. The normalized spacial score (nSPS) is 31.1. The molecule has 18 heteroatoms. The Morgan fingerprint density at radius 3 is 2.12 bits per heavy atom. The van der Waals surface area contributed by atoms with Crippen molar-refractivity contribution in [1.82, 2.24) is 20.2 Å². The molecule has 13 unspecified atom stereocenters. The number of hydrogen-bond donors (Lipinski definition) is 9. The van der Waals surface area contributed by atoms with Crippen molar-refractivity contribution in [3.8, 4) is 17.1 Å². The number of nitrogens with zero attached hydrogens (tertiary/aromatic N) is 3. The number of aliphatic hydroxyl groups excluding tert-OH is 2. The molecule has 3 fully saturated rings. The predicted molar refractivity (Wildman–Crippen MR) is 258 cm³/mol. The van der Waals surface area contributed by atoms with E-state index in [4.69, 9.17) is 69.3 Å². The van der Waals surface area contributed by atoms with Crippen molar-refractivity contribution in [2.45, 2.75) is 132 Å². The van der Waals surface area contributed by atoms with Crippen LogP contribution in [-0.2, 0) is 18.9 Å². The lowest BCUT2D eigenvalue weighted by molar-refractivity contribution is -0.307. The number of fused-ring (bicyclic) bond motifs is 2. The second-order valence-corrected chi connectivity index (χ2v) is 18.9. The van der Waals surface area contributed by atoms with E-state index in [2.05, 4.69) is 52.6 Å². The van der Waals surface area contributed by atoms with Crippen LogP contribution < -0.4 is 38.5 Å². The van der Waals surface area contributed by atoms with Gasteiger partial charge < -0.3 is 72.0 Å². The summed E-state index contributed by atoms with van der Waals surface area (Å²) in [7, 11) is 3.49. The molecule has 0 amide bonds. The Kier molecular flexibility index (Phi) is 16.4. The van der Waals surface area contributed by atoms with Gasteiger partial charge in [-0.05, 0) is 134 Å². The maximum Gasteiger partial charge on any atom is 0.185 e. The summed E-state index contributed by atoms with van der Waals surface area (Å²) in [5.74, 6) is 0. The summed E-state index contributed by atoms with van der Waals surface area (Å²) in [6.45, 7) is 7.67. The van der Waals surface area contributed by atoms with Crippen LogP contribution in [0.2, 0.25) is 10.0 Å². The van der Waals surface area contributed by atoms with Crippen LogP contribution in [0.15, 0.2) is 89.9 Å². The minimum absolute atomic E-state index is 0.0620. The fourth-order valence-electron chi connectivity index (χ4n) is 8.92. The molecule has 5 aliphatic rings. The molecule has 1 saturated carbocycles. The Bertz CT molecular complexity index is 2410. The van der Waals surface area contributed by atoms with Gasteiger partial charge >= 0.3 is 0 Å². The van der Waals surface area contributed by atoms with Crippen LogP contribution in [-0.4, -0.2) is 131 Å². The highest BCUT2D eigenvalue weighted by Crippen LogP contribution is 2.34. The van der Waals surface area contributed by atoms with E-state index in [0.717, 1.165) is 51.3 Å². The van der Waals surface area contributed by atoms with Crippen LogP contribution in [0.4, 0.5) is 11.4 Å². The molecule has 16 nitrogen and oxygen atoms in total. The molecule has 2 saturated heterocycles. The number of aromatic nitrogens is 2. The Labute approximate surface area is 396 Å². The minimum Gasteiger partial charge on any atom is -0.388 e. The van der Waals surface area contributed by atoms with Crippen LogP contribution in [0, 0.1) is 0 Å². The fourth-order valence-corrected chi connectivity index (χ4v) is 9.17. The third-order valence-electron chi connectivity index (χ3n) is 12.5. The van der Waals surface area contributed by atoms with Crippen molar-refractivity contribution in [3.05, 3.63) is 100 Å². The number of benzene rings is 4. The molecular weight excluding hydrogens is 885 g/mol. The standard InChI is InChI=1S/C27H22Cl2N4.C21H43N5O7/c1-17(2)30-24-16-27-25(15-23(24)31-20-11-7-18(28)8-12-20)32-22-5-3-4-6-26(22)33(27)21-13-9-19(29)10-14-21;1-9(25-3)13-6-5-10(22)19(31-13)32-16-11(23)7-12(24)17(14(16)27)33-20-15(28)18(26-4)21(2,29)8-30-20/h3-17,31H,1-2H3;9-20,25-29H,5-8,22-24H2,1-4H3. The van der Waals surface area contributed by atoms with Crippen LogP contribution in [0.1, 0.15) is 47.0 Å². The highest BCUT2D eigenvalue weighted by atomic mass is 35.5. The lowest BCUT2D eigenvalue weighted by atomic mass is 9.84. The number of rotatable bonds is 11. The Morgan fingerprint density at radius 2 is 1.48 bits per heavy atom. The fraction of sp³-hybridized carbons (Fsp3) is 0.500. The van der Waals surface area contributed by atoms with Crippen molar-refractivity contribution in [2.75, 3.05) is 26.0 Å². The molecule has 2 aliphatic carbocycles. The molecule has 0 spiro atoms. The van der Waals surface area contributed by atoms with Crippen molar-refractivity contribution >= 4 is 45.6 Å². The molecule has 0 radical (unpaired) electrons. The first-order chi connectivity index (χ1) is 31.5. The zero-order valence-electron chi connectivity index (χ0n) is 38.2. The number of anilines is 2. The molecule has 8 rings (SSSR count). The number of hydrogen-bond acceptors (Lipinski definition) is 15. The van der Waals surface area contributed by atoms with Gasteiger partial charge in [0.25, 0.3) is 0 Å². The summed E-state index contributed by atoms with van der Waals surface area (Å²) in [5.41, 5.74) is 24.1. The number of likely N-dealkylation sites (N-methyl/N-ethyl adjacent to an activating group) is 2. The Morgan fingerprint density at radius 1 is 0.848 bits per heavy atom. The molecule has 3 aromatic carbocycles. The molecule has 0 bridgehead atoms. The summed E-state index contributed by atoms with van der Waals surface area (Å²) in [4.78, 5) is 9.87. The van der Waals surface area contributed by atoms with E-state index in [1.165, 1.54) is 0 Å². The average Bonchev–Trinajstić information content (AvgIpc) is 3.28. The molecular formula is C48H65Cl2N9O7. The monoisotopic (exact) mass is 949 g/mol. The van der Waals surface area contributed by atoms with Gasteiger partial charge in [-0.25, -0.2) is 4.98 Å². The number of para-hydroxylation sites is 2. The highest BCUT2D eigenvalue weighted by Gasteiger charge is 2.51. The van der Waals surface area contributed by atoms with Crippen LogP contribution >= 0.6 is 23.2 Å². The number of ether oxygens (including phenoxy) is 4. The van der Waals surface area contributed by atoms with Crippen molar-refractivity contribution in [1.29, 1.82) is 0 Å². The number of halogens is 2. The van der Waals surface area contributed by atoms with Crippen molar-refractivity contribution < 1.29 is 34.3 Å². The van der Waals surface area contributed by atoms with Gasteiger partial charge in [-0.3, -0.25) is 4.99 Å². The topological polar surface area (TPSA) is 242 Å². The second kappa shape index (κ2) is 21.6. The maximum absolute atomic E-state index is 11.1. The van der Waals surface area contributed by atoms with Crippen LogP contribution in [0.3, 0.4) is 0 Å². The van der Waals surface area contributed by atoms with Gasteiger partial charge in [0.2, 0.25) is 0 Å². The quantitative estimate of drug-likeness (QED) is 0.0846. The lowest BCUT2D eigenvalue weighted by Gasteiger charge is -2.48. The van der Waals surface area contributed by atoms with Crippen LogP contribution in [0.5, 0.6) is 0 Å². The maximum atomic E-state index is 11.1. The number of nitrogens with two attached hydrogens (primary N) is 3. The molecule has 13 atom stereocenters. The van der Waals surface area contributed by atoms with Crippen molar-refractivity contribution in [2.24, 2.45) is 22.2 Å². The summed E-state index contributed by atoms with van der Waals surface area (Å²) >= 11 is 12.2. The Hall–Kier alpha value is -3.82. The summed E-state index contributed by atoms with van der Waals surface area (Å²) in [6, 6.07) is 25.8. The third-order valence-corrected chi connectivity index (χ3v) is 13.0. The minimum atomic E-state index is -1.29. The van der Waals surface area contributed by atoms with E-state index >= 15 is 0 Å². The molecule has 358 valence electrons. The predicted octanol–water partition coefficient (Wildman–Crippen LogP) is 4.16. The van der Waals surface area contributed by atoms with Gasteiger partial charge in [-0.1, -0.05) is 35.3 Å². The summed E-state index contributed by atoms with van der Waals surface area (Å²) < 4.78 is 25.9. The first kappa shape index (κ1) is 50.1. The molecule has 3 aromatic rings. The number of aliphatic hydroxyl groups is 3. The third kappa shape index (κ3) is 11.4. The van der Waals surface area contributed by atoms with Gasteiger partial charge in [-0.15, -0.1) is 0 Å². The van der Waals surface area contributed by atoms with Gasteiger partial charge in [0.05, 0.1) is 58.3 Å². The average molecular weight is 951 g/mol. The van der Waals surface area contributed by atoms with E-state index in [-0.39, 0.29) is 30.8 Å². The smallest absolute Gasteiger partial charge is 0.185 e. The van der Waals surface area contributed by atoms with E-state index < -0.39 is 60.7 Å². The zero-order chi connectivity index (χ0) is 47.4. The Balaban J connectivity index is 0.000000196. The SMILES string of the molecule is CC(C)N=c1cc2n(-c3ccc(Cl)cc3)c3ccccc3nc-2cc1Nc1ccc(Cl)cc1.CNC(C)C1CCC(N)C(OC2C(N)CC(N)C(OC3OCC(C)(O)C(NC)C3O)C2O)O1. The van der Waals surface area contributed by atoms with E-state index in [1.807, 2.05) is 80.7 Å². The highest BCUT2D eigenvalue weighted by molar-refractivity contribution is 6.30. The van der Waals surface area contributed by atoms with Crippen molar-refractivity contribution in [3.63, 3.8) is 0 Å². The van der Waals surface area contributed by atoms with Gasteiger partial charge in [0, 0.05) is 45.6 Å². The van der Waals surface area contributed by atoms with E-state index in [1.54, 1.807) is 14.0 Å². The van der Waals surface area contributed by atoms with E-state index in [9.17, 15) is 15.3 Å². The van der Waals surface area contributed by atoms with Gasteiger partial charge in [0.15, 0.2) is 12.6 Å². The zero-order valence-corrected chi connectivity index (χ0v) is 39.7. The van der Waals surface area contributed by atoms with Gasteiger partial charge in [0.1, 0.15) is 30.0 Å². The molecule has 12 N–H and O–H groups in total. The van der Waals surface area contributed by atoms with Gasteiger partial charge in [-0.2, -0.15) is 0 Å². The first-order valence-corrected chi connectivity index (χ1v) is 23.3.